The van der Waals surface area contributed by atoms with Crippen molar-refractivity contribution >= 4 is 11.7 Å². The summed E-state index contributed by atoms with van der Waals surface area (Å²) in [5, 5.41) is 8.96. The van der Waals surface area contributed by atoms with Gasteiger partial charge in [0, 0.05) is 18.7 Å². The highest BCUT2D eigenvalue weighted by molar-refractivity contribution is 5.78. The Morgan fingerprint density at radius 2 is 2.11 bits per heavy atom. The summed E-state index contributed by atoms with van der Waals surface area (Å²) in [5.74, 6) is -1.62. The standard InChI is InChI=1S/C12H15FN2O3/c13-9-3-1-2-8(10(14)12(16)17)11(9)15-4-6-18-7-5-15/h1-3,10H,4-7,14H2,(H,16,17)/t10-/m0/s1. The third kappa shape index (κ3) is 2.44. The molecule has 5 nitrogen and oxygen atoms in total. The predicted octanol–water partition coefficient (Wildman–Crippen LogP) is 0.747. The van der Waals surface area contributed by atoms with E-state index in [4.69, 9.17) is 15.6 Å². The lowest BCUT2D eigenvalue weighted by molar-refractivity contribution is -0.138. The Labute approximate surface area is 104 Å². The molecule has 1 aromatic carbocycles. The van der Waals surface area contributed by atoms with Gasteiger partial charge < -0.3 is 20.5 Å². The van der Waals surface area contributed by atoms with Crippen LogP contribution in [0.1, 0.15) is 11.6 Å². The summed E-state index contributed by atoms with van der Waals surface area (Å²) < 4.78 is 19.1. The SMILES string of the molecule is N[C@H](C(=O)O)c1cccc(F)c1N1CCOCC1. The molecule has 0 unspecified atom stereocenters. The van der Waals surface area contributed by atoms with Crippen LogP contribution in [-0.4, -0.2) is 37.4 Å². The number of morpholine rings is 1. The van der Waals surface area contributed by atoms with E-state index in [1.807, 2.05) is 0 Å². The van der Waals surface area contributed by atoms with Gasteiger partial charge in [0.2, 0.25) is 0 Å². The van der Waals surface area contributed by atoms with E-state index < -0.39 is 17.8 Å². The molecular weight excluding hydrogens is 239 g/mol. The maximum absolute atomic E-state index is 13.9. The molecule has 1 atom stereocenters. The molecule has 0 aromatic heterocycles. The number of ether oxygens (including phenoxy) is 1. The maximum Gasteiger partial charge on any atom is 0.325 e. The molecule has 6 heteroatoms. The molecule has 2 rings (SSSR count). The van der Waals surface area contributed by atoms with Crippen LogP contribution in [0, 0.1) is 5.82 Å². The van der Waals surface area contributed by atoms with Crippen molar-refractivity contribution in [3.8, 4) is 0 Å². The average Bonchev–Trinajstić information content (AvgIpc) is 2.38. The second kappa shape index (κ2) is 5.32. The Kier molecular flexibility index (Phi) is 3.78. The van der Waals surface area contributed by atoms with Gasteiger partial charge >= 0.3 is 5.97 Å². The zero-order valence-corrected chi connectivity index (χ0v) is 9.80. The molecule has 1 heterocycles. The molecule has 1 saturated heterocycles. The highest BCUT2D eigenvalue weighted by atomic mass is 19.1. The molecule has 1 aliphatic heterocycles. The number of carbonyl (C=O) groups is 1. The molecule has 0 radical (unpaired) electrons. The van der Waals surface area contributed by atoms with Crippen molar-refractivity contribution < 1.29 is 19.0 Å². The first-order chi connectivity index (χ1) is 8.61. The molecular formula is C12H15FN2O3. The van der Waals surface area contributed by atoms with Gasteiger partial charge in [0.05, 0.1) is 18.9 Å². The lowest BCUT2D eigenvalue weighted by atomic mass is 10.0. The number of nitrogens with two attached hydrogens (primary N) is 1. The van der Waals surface area contributed by atoms with Crippen LogP contribution >= 0.6 is 0 Å². The van der Waals surface area contributed by atoms with Gasteiger partial charge in [-0.1, -0.05) is 12.1 Å². The molecule has 0 spiro atoms. The Morgan fingerprint density at radius 3 is 2.72 bits per heavy atom. The minimum absolute atomic E-state index is 0.274. The summed E-state index contributed by atoms with van der Waals surface area (Å²) in [5.41, 5.74) is 6.16. The van der Waals surface area contributed by atoms with Gasteiger partial charge in [-0.15, -0.1) is 0 Å². The maximum atomic E-state index is 13.9. The number of nitrogens with zero attached hydrogens (tertiary/aromatic N) is 1. The van der Waals surface area contributed by atoms with Crippen LogP contribution in [0.25, 0.3) is 0 Å². The normalized spacial score (nSPS) is 17.6. The van der Waals surface area contributed by atoms with Gasteiger partial charge in [-0.2, -0.15) is 0 Å². The fraction of sp³-hybridized carbons (Fsp3) is 0.417. The van der Waals surface area contributed by atoms with Crippen LogP contribution in [-0.2, 0) is 9.53 Å². The van der Waals surface area contributed by atoms with Gasteiger partial charge in [0.1, 0.15) is 11.9 Å². The zero-order valence-electron chi connectivity index (χ0n) is 9.80. The van der Waals surface area contributed by atoms with E-state index in [0.29, 0.717) is 31.9 Å². The topological polar surface area (TPSA) is 75.8 Å². The molecule has 0 bridgehead atoms. The summed E-state index contributed by atoms with van der Waals surface area (Å²) in [6.07, 6.45) is 0. The Morgan fingerprint density at radius 1 is 1.44 bits per heavy atom. The highest BCUT2D eigenvalue weighted by Crippen LogP contribution is 2.29. The summed E-state index contributed by atoms with van der Waals surface area (Å²) in [7, 11) is 0. The van der Waals surface area contributed by atoms with Crippen LogP contribution < -0.4 is 10.6 Å². The van der Waals surface area contributed by atoms with Crippen LogP contribution in [0.15, 0.2) is 18.2 Å². The van der Waals surface area contributed by atoms with Crippen molar-refractivity contribution in [2.45, 2.75) is 6.04 Å². The molecule has 1 aliphatic rings. The van der Waals surface area contributed by atoms with Gasteiger partial charge in [-0.3, -0.25) is 4.79 Å². The van der Waals surface area contributed by atoms with Gasteiger partial charge in [0.15, 0.2) is 0 Å². The molecule has 0 amide bonds. The number of halogens is 1. The number of carboxylic acids is 1. The summed E-state index contributed by atoms with van der Waals surface area (Å²) in [6, 6.07) is 3.10. The van der Waals surface area contributed by atoms with E-state index in [1.54, 1.807) is 11.0 Å². The number of aliphatic carboxylic acids is 1. The average molecular weight is 254 g/mol. The molecule has 0 saturated carbocycles. The molecule has 3 N–H and O–H groups in total. The fourth-order valence-corrected chi connectivity index (χ4v) is 2.04. The smallest absolute Gasteiger partial charge is 0.325 e. The number of benzene rings is 1. The highest BCUT2D eigenvalue weighted by Gasteiger charge is 2.24. The first kappa shape index (κ1) is 12.8. The minimum atomic E-state index is -1.22. The number of hydrogen-bond donors (Lipinski definition) is 2. The summed E-state index contributed by atoms with van der Waals surface area (Å²) in [6.45, 7) is 2.05. The van der Waals surface area contributed by atoms with Crippen molar-refractivity contribution in [3.05, 3.63) is 29.6 Å². The lowest BCUT2D eigenvalue weighted by Crippen LogP contribution is -2.38. The molecule has 1 aromatic rings. The third-order valence-corrected chi connectivity index (χ3v) is 2.95. The largest absolute Gasteiger partial charge is 0.480 e. The van der Waals surface area contributed by atoms with E-state index in [9.17, 15) is 9.18 Å². The zero-order chi connectivity index (χ0) is 13.1. The van der Waals surface area contributed by atoms with E-state index in [-0.39, 0.29) is 5.69 Å². The van der Waals surface area contributed by atoms with Crippen LogP contribution in [0.2, 0.25) is 0 Å². The third-order valence-electron chi connectivity index (χ3n) is 2.95. The summed E-state index contributed by atoms with van der Waals surface area (Å²) in [4.78, 5) is 12.7. The number of anilines is 1. The number of para-hydroxylation sites is 1. The summed E-state index contributed by atoms with van der Waals surface area (Å²) >= 11 is 0. The van der Waals surface area contributed by atoms with Crippen LogP contribution in [0.5, 0.6) is 0 Å². The fourth-order valence-electron chi connectivity index (χ4n) is 2.04. The quantitative estimate of drug-likeness (QED) is 0.832. The second-order valence-corrected chi connectivity index (χ2v) is 4.09. The van der Waals surface area contributed by atoms with Crippen LogP contribution in [0.3, 0.4) is 0 Å². The number of hydrogen-bond acceptors (Lipinski definition) is 4. The molecule has 98 valence electrons. The number of rotatable bonds is 3. The van der Waals surface area contributed by atoms with Crippen LogP contribution in [0.4, 0.5) is 10.1 Å². The Hall–Kier alpha value is -1.66. The van der Waals surface area contributed by atoms with Gasteiger partial charge in [0.25, 0.3) is 0 Å². The van der Waals surface area contributed by atoms with Crippen molar-refractivity contribution in [2.24, 2.45) is 5.73 Å². The van der Waals surface area contributed by atoms with E-state index in [1.165, 1.54) is 12.1 Å². The molecule has 18 heavy (non-hydrogen) atoms. The van der Waals surface area contributed by atoms with E-state index >= 15 is 0 Å². The Balaban J connectivity index is 2.40. The van der Waals surface area contributed by atoms with E-state index in [2.05, 4.69) is 0 Å². The minimum Gasteiger partial charge on any atom is -0.480 e. The van der Waals surface area contributed by atoms with Gasteiger partial charge in [-0.25, -0.2) is 4.39 Å². The monoisotopic (exact) mass is 254 g/mol. The van der Waals surface area contributed by atoms with Crippen molar-refractivity contribution in [1.29, 1.82) is 0 Å². The predicted molar refractivity (Wildman–Crippen MR) is 64.0 cm³/mol. The molecule has 0 aliphatic carbocycles. The van der Waals surface area contributed by atoms with E-state index in [0.717, 1.165) is 0 Å². The van der Waals surface area contributed by atoms with Gasteiger partial charge in [-0.05, 0) is 6.07 Å². The first-order valence-electron chi connectivity index (χ1n) is 5.70. The first-order valence-corrected chi connectivity index (χ1v) is 5.70. The lowest BCUT2D eigenvalue weighted by Gasteiger charge is -2.31. The van der Waals surface area contributed by atoms with Crippen molar-refractivity contribution in [3.63, 3.8) is 0 Å². The van der Waals surface area contributed by atoms with Crippen molar-refractivity contribution in [2.75, 3.05) is 31.2 Å². The van der Waals surface area contributed by atoms with Crippen molar-refractivity contribution in [1.82, 2.24) is 0 Å². The molecule has 1 fully saturated rings. The second-order valence-electron chi connectivity index (χ2n) is 4.09. The number of carboxylic acid groups (broad SMARTS) is 1. The Bertz CT molecular complexity index is 447.